The topological polar surface area (TPSA) is 67.6 Å². The third-order valence-corrected chi connectivity index (χ3v) is 6.25. The standard InChI is InChI=1S/C25H29F6N3O2/c1-22(2,32)21(35)33-34-10-8-23(9-11-34,18-6-4-3-5-7-18)16-36-15-17-12-19(24(26,27)28)14-20(13-17)25(29,30)31/h3-7,12-14H,8-11,15-16,32H2,1-2H3,(H,33,35). The number of nitrogens with zero attached hydrogens (tertiary/aromatic N) is 1. The Hall–Kier alpha value is -2.63. The van der Waals surface area contributed by atoms with Crippen molar-refractivity contribution in [2.24, 2.45) is 5.73 Å². The number of hydrogen-bond acceptors (Lipinski definition) is 4. The Morgan fingerprint density at radius 3 is 1.97 bits per heavy atom. The lowest BCUT2D eigenvalue weighted by molar-refractivity contribution is -0.143. The first-order chi connectivity index (χ1) is 16.6. The van der Waals surface area contributed by atoms with Crippen LogP contribution >= 0.6 is 0 Å². The summed E-state index contributed by atoms with van der Waals surface area (Å²) in [5, 5.41) is 1.75. The van der Waals surface area contributed by atoms with E-state index in [1.165, 1.54) is 0 Å². The lowest BCUT2D eigenvalue weighted by Gasteiger charge is -2.42. The molecule has 1 saturated heterocycles. The molecule has 0 spiro atoms. The summed E-state index contributed by atoms with van der Waals surface area (Å²) >= 11 is 0. The Labute approximate surface area is 205 Å². The fourth-order valence-electron chi connectivity index (χ4n) is 4.11. The number of piperidine rings is 1. The number of alkyl halides is 6. The van der Waals surface area contributed by atoms with Crippen LogP contribution in [0.4, 0.5) is 26.3 Å². The number of amides is 1. The minimum atomic E-state index is -4.92. The molecule has 3 N–H and O–H groups in total. The van der Waals surface area contributed by atoms with Gasteiger partial charge in [0.25, 0.3) is 5.91 Å². The number of nitrogens with one attached hydrogen (secondary N) is 1. The fourth-order valence-corrected chi connectivity index (χ4v) is 4.11. The second kappa shape index (κ2) is 10.4. The molecule has 198 valence electrons. The lowest BCUT2D eigenvalue weighted by atomic mass is 9.73. The number of hydrogen-bond donors (Lipinski definition) is 2. The van der Waals surface area contributed by atoms with Crippen molar-refractivity contribution in [1.82, 2.24) is 10.4 Å². The molecule has 3 rings (SSSR count). The summed E-state index contributed by atoms with van der Waals surface area (Å²) in [6.45, 7) is 3.77. The number of carbonyl (C=O) groups is 1. The molecular formula is C25H29F6N3O2. The third kappa shape index (κ3) is 6.98. The van der Waals surface area contributed by atoms with E-state index in [2.05, 4.69) is 5.43 Å². The van der Waals surface area contributed by atoms with Crippen LogP contribution in [0, 0.1) is 0 Å². The summed E-state index contributed by atoms with van der Waals surface area (Å²) in [6, 6.07) is 10.8. The summed E-state index contributed by atoms with van der Waals surface area (Å²) in [5.74, 6) is -0.337. The molecule has 1 fully saturated rings. The predicted molar refractivity (Wildman–Crippen MR) is 121 cm³/mol. The molecule has 11 heteroatoms. The van der Waals surface area contributed by atoms with Gasteiger partial charge in [0.15, 0.2) is 0 Å². The first-order valence-electron chi connectivity index (χ1n) is 11.4. The van der Waals surface area contributed by atoms with Gasteiger partial charge in [-0.15, -0.1) is 0 Å². The molecule has 1 aliphatic heterocycles. The van der Waals surface area contributed by atoms with Crippen molar-refractivity contribution in [3.05, 3.63) is 70.8 Å². The van der Waals surface area contributed by atoms with E-state index in [4.69, 9.17) is 10.5 Å². The van der Waals surface area contributed by atoms with Crippen molar-refractivity contribution in [3.63, 3.8) is 0 Å². The molecule has 0 aromatic heterocycles. The third-order valence-electron chi connectivity index (χ3n) is 6.25. The number of rotatable bonds is 7. The Morgan fingerprint density at radius 2 is 1.50 bits per heavy atom. The van der Waals surface area contributed by atoms with E-state index in [0.717, 1.165) is 5.56 Å². The smallest absolute Gasteiger partial charge is 0.376 e. The molecule has 0 unspecified atom stereocenters. The molecule has 2 aromatic carbocycles. The first kappa shape index (κ1) is 27.9. The van der Waals surface area contributed by atoms with E-state index in [1.54, 1.807) is 18.9 Å². The van der Waals surface area contributed by atoms with Gasteiger partial charge in [-0.25, -0.2) is 5.01 Å². The molecule has 1 heterocycles. The van der Waals surface area contributed by atoms with Gasteiger partial charge in [-0.05, 0) is 56.0 Å². The zero-order chi connectivity index (χ0) is 26.8. The van der Waals surface area contributed by atoms with Gasteiger partial charge in [0.1, 0.15) is 0 Å². The Morgan fingerprint density at radius 1 is 0.972 bits per heavy atom. The quantitative estimate of drug-likeness (QED) is 0.505. The second-order valence-corrected chi connectivity index (χ2v) is 9.70. The number of benzene rings is 2. The molecule has 0 aliphatic carbocycles. The van der Waals surface area contributed by atoms with Crippen molar-refractivity contribution in [3.8, 4) is 0 Å². The largest absolute Gasteiger partial charge is 0.416 e. The van der Waals surface area contributed by atoms with Crippen LogP contribution in [0.2, 0.25) is 0 Å². The van der Waals surface area contributed by atoms with Crippen molar-refractivity contribution in [2.75, 3.05) is 19.7 Å². The number of ether oxygens (including phenoxy) is 1. The van der Waals surface area contributed by atoms with Crippen molar-refractivity contribution < 1.29 is 35.9 Å². The van der Waals surface area contributed by atoms with Gasteiger partial charge in [-0.2, -0.15) is 26.3 Å². The van der Waals surface area contributed by atoms with Crippen LogP contribution < -0.4 is 11.2 Å². The highest BCUT2D eigenvalue weighted by Crippen LogP contribution is 2.38. The number of nitrogens with two attached hydrogens (primary N) is 1. The van der Waals surface area contributed by atoms with E-state index >= 15 is 0 Å². The van der Waals surface area contributed by atoms with Crippen LogP contribution in [0.15, 0.2) is 48.5 Å². The van der Waals surface area contributed by atoms with Crippen molar-refractivity contribution in [2.45, 2.75) is 56.6 Å². The summed E-state index contributed by atoms with van der Waals surface area (Å²) in [4.78, 5) is 12.2. The molecule has 1 amide bonds. The Bertz CT molecular complexity index is 1010. The predicted octanol–water partition coefficient (Wildman–Crippen LogP) is 5.04. The highest BCUT2D eigenvalue weighted by Gasteiger charge is 2.39. The minimum absolute atomic E-state index is 0.0821. The van der Waals surface area contributed by atoms with E-state index in [9.17, 15) is 31.1 Å². The van der Waals surface area contributed by atoms with E-state index in [-0.39, 0.29) is 24.1 Å². The zero-order valence-electron chi connectivity index (χ0n) is 20.0. The van der Waals surface area contributed by atoms with E-state index in [1.807, 2.05) is 30.3 Å². The van der Waals surface area contributed by atoms with Gasteiger partial charge in [0, 0.05) is 18.5 Å². The van der Waals surface area contributed by atoms with Crippen LogP contribution in [0.1, 0.15) is 48.9 Å². The highest BCUT2D eigenvalue weighted by atomic mass is 19.4. The van der Waals surface area contributed by atoms with Crippen LogP contribution in [0.5, 0.6) is 0 Å². The van der Waals surface area contributed by atoms with Crippen LogP contribution in [0.3, 0.4) is 0 Å². The first-order valence-corrected chi connectivity index (χ1v) is 11.4. The summed E-state index contributed by atoms with van der Waals surface area (Å²) in [5.41, 5.74) is 5.01. The fraction of sp³-hybridized carbons (Fsp3) is 0.480. The monoisotopic (exact) mass is 517 g/mol. The van der Waals surface area contributed by atoms with Gasteiger partial charge in [0.2, 0.25) is 0 Å². The van der Waals surface area contributed by atoms with Crippen LogP contribution in [-0.2, 0) is 33.9 Å². The minimum Gasteiger partial charge on any atom is -0.376 e. The molecule has 1 aliphatic rings. The summed E-state index contributed by atoms with van der Waals surface area (Å²) in [7, 11) is 0. The number of carbonyl (C=O) groups excluding carboxylic acids is 1. The Kier molecular flexibility index (Phi) is 8.07. The van der Waals surface area contributed by atoms with Gasteiger partial charge >= 0.3 is 12.4 Å². The molecule has 5 nitrogen and oxygen atoms in total. The molecule has 0 bridgehead atoms. The Balaban J connectivity index is 1.76. The number of halogens is 6. The normalized spacial score (nSPS) is 17.1. The van der Waals surface area contributed by atoms with E-state index < -0.39 is 41.0 Å². The number of hydrazine groups is 1. The molecule has 2 aromatic rings. The molecular weight excluding hydrogens is 488 g/mol. The maximum atomic E-state index is 13.2. The van der Waals surface area contributed by atoms with Gasteiger partial charge < -0.3 is 10.5 Å². The van der Waals surface area contributed by atoms with E-state index in [0.29, 0.717) is 38.1 Å². The molecule has 0 radical (unpaired) electrons. The SMILES string of the molecule is CC(C)(N)C(=O)NN1CCC(COCc2cc(C(F)(F)F)cc(C(F)(F)F)c2)(c2ccccc2)CC1. The summed E-state index contributed by atoms with van der Waals surface area (Å²) in [6.07, 6.45) is -8.76. The van der Waals surface area contributed by atoms with Gasteiger partial charge in [0.05, 0.1) is 29.9 Å². The lowest BCUT2D eigenvalue weighted by Crippen LogP contribution is -2.58. The van der Waals surface area contributed by atoms with Crippen molar-refractivity contribution >= 4 is 5.91 Å². The average Bonchev–Trinajstić information content (AvgIpc) is 2.79. The zero-order valence-corrected chi connectivity index (χ0v) is 20.0. The maximum Gasteiger partial charge on any atom is 0.416 e. The van der Waals surface area contributed by atoms with Gasteiger partial charge in [-0.1, -0.05) is 30.3 Å². The molecule has 0 atom stereocenters. The van der Waals surface area contributed by atoms with Crippen LogP contribution in [-0.4, -0.2) is 36.2 Å². The molecule has 0 saturated carbocycles. The second-order valence-electron chi connectivity index (χ2n) is 9.70. The molecule has 36 heavy (non-hydrogen) atoms. The maximum absolute atomic E-state index is 13.2. The summed E-state index contributed by atoms with van der Waals surface area (Å²) < 4.78 is 84.9. The average molecular weight is 518 g/mol. The highest BCUT2D eigenvalue weighted by molar-refractivity contribution is 5.84. The van der Waals surface area contributed by atoms with Crippen molar-refractivity contribution in [1.29, 1.82) is 0 Å². The van der Waals surface area contributed by atoms with Crippen LogP contribution in [0.25, 0.3) is 0 Å². The van der Waals surface area contributed by atoms with Gasteiger partial charge in [-0.3, -0.25) is 10.2 Å².